The number of hydrogen-bond acceptors (Lipinski definition) is 7. The number of aromatic hydroxyl groups is 1. The van der Waals surface area contributed by atoms with Crippen molar-refractivity contribution in [3.05, 3.63) is 57.1 Å². The summed E-state index contributed by atoms with van der Waals surface area (Å²) in [6, 6.07) is 9.23. The molecule has 0 unspecified atom stereocenters. The van der Waals surface area contributed by atoms with E-state index in [9.17, 15) is 20.0 Å². The molecule has 2 aromatic rings. The molecule has 0 radical (unpaired) electrons. The lowest BCUT2D eigenvalue weighted by molar-refractivity contribution is -0.385. The van der Waals surface area contributed by atoms with E-state index in [4.69, 9.17) is 16.3 Å². The zero-order valence-electron chi connectivity index (χ0n) is 13.5. The molecule has 26 heavy (non-hydrogen) atoms. The maximum Gasteiger partial charge on any atom is 0.274 e. The Bertz CT molecular complexity index is 843. The summed E-state index contributed by atoms with van der Waals surface area (Å²) < 4.78 is 4.88. The van der Waals surface area contributed by atoms with Gasteiger partial charge in [-0.05, 0) is 24.3 Å². The van der Waals surface area contributed by atoms with Gasteiger partial charge in [0.15, 0.2) is 11.5 Å². The normalized spacial score (nSPS) is 10.7. The van der Waals surface area contributed by atoms with Gasteiger partial charge in [-0.1, -0.05) is 11.6 Å². The number of ether oxygens (including phenoxy) is 1. The molecule has 0 bridgehead atoms. The van der Waals surface area contributed by atoms with Crippen LogP contribution in [0.1, 0.15) is 5.56 Å². The minimum atomic E-state index is -0.624. The molecule has 136 valence electrons. The minimum Gasteiger partial charge on any atom is -0.504 e. The highest BCUT2D eigenvalue weighted by molar-refractivity contribution is 8.00. The quantitative estimate of drug-likeness (QED) is 0.322. The number of phenols is 1. The number of carbonyl (C=O) groups is 1. The van der Waals surface area contributed by atoms with Crippen molar-refractivity contribution < 1.29 is 19.6 Å². The molecule has 0 heterocycles. The lowest BCUT2D eigenvalue weighted by Crippen LogP contribution is -2.19. The first-order chi connectivity index (χ1) is 12.4. The number of methoxy groups -OCH3 is 1. The molecule has 0 aliphatic rings. The van der Waals surface area contributed by atoms with Crippen molar-refractivity contribution in [3.63, 3.8) is 0 Å². The van der Waals surface area contributed by atoms with Crippen molar-refractivity contribution in [2.24, 2.45) is 5.10 Å². The summed E-state index contributed by atoms with van der Waals surface area (Å²) in [5.74, 6) is -0.640. The van der Waals surface area contributed by atoms with Crippen molar-refractivity contribution in [2.75, 3.05) is 12.9 Å². The van der Waals surface area contributed by atoms with E-state index in [1.807, 2.05) is 0 Å². The van der Waals surface area contributed by atoms with Crippen LogP contribution in [-0.2, 0) is 4.79 Å². The highest BCUT2D eigenvalue weighted by Crippen LogP contribution is 2.33. The van der Waals surface area contributed by atoms with Crippen molar-refractivity contribution in [1.29, 1.82) is 0 Å². The van der Waals surface area contributed by atoms with Crippen LogP contribution >= 0.6 is 23.4 Å². The van der Waals surface area contributed by atoms with Crippen molar-refractivity contribution in [3.8, 4) is 11.5 Å². The molecule has 2 aromatic carbocycles. The zero-order valence-corrected chi connectivity index (χ0v) is 15.1. The first-order valence-electron chi connectivity index (χ1n) is 7.16. The standard InChI is InChI=1S/C16H14ClN3O5S/c1-25-14-7-12(20(23)24)6-10(16(14)22)8-18-19-15(21)9-26-13-4-2-11(17)3-5-13/h2-8,22H,9H2,1H3,(H,19,21)/b18-8-. The van der Waals surface area contributed by atoms with Crippen LogP contribution in [-0.4, -0.2) is 35.0 Å². The van der Waals surface area contributed by atoms with Gasteiger partial charge in [0.2, 0.25) is 5.91 Å². The summed E-state index contributed by atoms with van der Waals surface area (Å²) in [7, 11) is 1.27. The van der Waals surface area contributed by atoms with Crippen LogP contribution in [0.5, 0.6) is 11.5 Å². The van der Waals surface area contributed by atoms with Gasteiger partial charge in [-0.15, -0.1) is 11.8 Å². The first kappa shape index (κ1) is 19.5. The van der Waals surface area contributed by atoms with Gasteiger partial charge in [-0.2, -0.15) is 5.10 Å². The predicted molar refractivity (Wildman–Crippen MR) is 99.2 cm³/mol. The van der Waals surface area contributed by atoms with Crippen LogP contribution in [0, 0.1) is 10.1 Å². The Morgan fingerprint density at radius 1 is 1.42 bits per heavy atom. The zero-order chi connectivity index (χ0) is 19.1. The van der Waals surface area contributed by atoms with E-state index in [1.165, 1.54) is 18.9 Å². The number of thioether (sulfide) groups is 1. The van der Waals surface area contributed by atoms with Gasteiger partial charge in [0, 0.05) is 21.5 Å². The molecular weight excluding hydrogens is 382 g/mol. The number of nitro groups is 1. The average Bonchev–Trinajstić information content (AvgIpc) is 2.62. The van der Waals surface area contributed by atoms with E-state index < -0.39 is 4.92 Å². The molecule has 10 heteroatoms. The van der Waals surface area contributed by atoms with Gasteiger partial charge in [0.05, 0.1) is 30.1 Å². The second kappa shape index (κ2) is 9.07. The van der Waals surface area contributed by atoms with Crippen LogP contribution in [0.25, 0.3) is 0 Å². The third kappa shape index (κ3) is 5.36. The number of hydrogen-bond donors (Lipinski definition) is 2. The number of halogens is 1. The molecule has 8 nitrogen and oxygen atoms in total. The van der Waals surface area contributed by atoms with Crippen LogP contribution < -0.4 is 10.2 Å². The van der Waals surface area contributed by atoms with Crippen LogP contribution in [0.4, 0.5) is 5.69 Å². The number of nitro benzene ring substituents is 1. The largest absolute Gasteiger partial charge is 0.504 e. The number of phenolic OH excluding ortho intramolecular Hbond substituents is 1. The molecule has 0 aromatic heterocycles. The number of hydrazone groups is 1. The minimum absolute atomic E-state index is 0.0432. The number of amides is 1. The van der Waals surface area contributed by atoms with Crippen molar-refractivity contribution >= 4 is 41.2 Å². The number of nitrogens with one attached hydrogen (secondary N) is 1. The predicted octanol–water partition coefficient (Wildman–Crippen LogP) is 3.20. The van der Waals surface area contributed by atoms with E-state index in [-0.39, 0.29) is 34.4 Å². The van der Waals surface area contributed by atoms with E-state index >= 15 is 0 Å². The van der Waals surface area contributed by atoms with Crippen LogP contribution in [0.3, 0.4) is 0 Å². The molecule has 0 fully saturated rings. The summed E-state index contributed by atoms with van der Waals surface area (Å²) in [6.45, 7) is 0. The molecular formula is C16H14ClN3O5S. The lowest BCUT2D eigenvalue weighted by atomic mass is 10.2. The third-order valence-electron chi connectivity index (χ3n) is 3.10. The number of non-ortho nitro benzene ring substituents is 1. The smallest absolute Gasteiger partial charge is 0.274 e. The molecule has 1 amide bonds. The molecule has 2 rings (SSSR count). The summed E-state index contributed by atoms with van der Waals surface area (Å²) >= 11 is 7.08. The second-order valence-electron chi connectivity index (χ2n) is 4.88. The molecule has 0 aliphatic carbocycles. The van der Waals surface area contributed by atoms with Gasteiger partial charge in [-0.25, -0.2) is 5.43 Å². The van der Waals surface area contributed by atoms with E-state index in [0.29, 0.717) is 5.02 Å². The number of rotatable bonds is 7. The number of nitrogens with zero attached hydrogens (tertiary/aromatic N) is 2. The Morgan fingerprint density at radius 2 is 2.12 bits per heavy atom. The van der Waals surface area contributed by atoms with Gasteiger partial charge >= 0.3 is 0 Å². The third-order valence-corrected chi connectivity index (χ3v) is 4.36. The molecule has 2 N–H and O–H groups in total. The average molecular weight is 396 g/mol. The van der Waals surface area contributed by atoms with E-state index in [2.05, 4.69) is 10.5 Å². The maximum atomic E-state index is 11.8. The highest BCUT2D eigenvalue weighted by atomic mass is 35.5. The Kier molecular flexibility index (Phi) is 6.81. The van der Waals surface area contributed by atoms with Gasteiger partial charge in [-0.3, -0.25) is 14.9 Å². The molecule has 0 spiro atoms. The van der Waals surface area contributed by atoms with Crippen molar-refractivity contribution in [1.82, 2.24) is 5.43 Å². The molecule has 0 saturated heterocycles. The van der Waals surface area contributed by atoms with Gasteiger partial charge in [0.1, 0.15) is 0 Å². The maximum absolute atomic E-state index is 11.8. The van der Waals surface area contributed by atoms with Gasteiger partial charge in [0.25, 0.3) is 5.69 Å². The fraction of sp³-hybridized carbons (Fsp3) is 0.125. The van der Waals surface area contributed by atoms with Crippen LogP contribution in [0.15, 0.2) is 46.4 Å². The Morgan fingerprint density at radius 3 is 2.73 bits per heavy atom. The fourth-order valence-corrected chi connectivity index (χ4v) is 2.68. The van der Waals surface area contributed by atoms with Gasteiger partial charge < -0.3 is 9.84 Å². The van der Waals surface area contributed by atoms with Crippen molar-refractivity contribution in [2.45, 2.75) is 4.90 Å². The van der Waals surface area contributed by atoms with Crippen LogP contribution in [0.2, 0.25) is 5.02 Å². The SMILES string of the molecule is COc1cc([N+](=O)[O-])cc(/C=N\NC(=O)CSc2ccc(Cl)cc2)c1O. The molecule has 0 aliphatic heterocycles. The Balaban J connectivity index is 1.98. The lowest BCUT2D eigenvalue weighted by Gasteiger charge is -2.06. The number of benzene rings is 2. The monoisotopic (exact) mass is 395 g/mol. The topological polar surface area (TPSA) is 114 Å². The number of carbonyl (C=O) groups excluding carboxylic acids is 1. The summed E-state index contributed by atoms with van der Waals surface area (Å²) in [5.41, 5.74) is 2.06. The van der Waals surface area contributed by atoms with E-state index in [1.54, 1.807) is 24.3 Å². The summed E-state index contributed by atoms with van der Waals surface area (Å²) in [4.78, 5) is 22.9. The summed E-state index contributed by atoms with van der Waals surface area (Å²) in [6.07, 6.45) is 1.11. The molecule has 0 saturated carbocycles. The first-order valence-corrected chi connectivity index (χ1v) is 8.52. The Hall–Kier alpha value is -2.78. The van der Waals surface area contributed by atoms with E-state index in [0.717, 1.165) is 23.2 Å². The Labute approximate surface area is 158 Å². The summed E-state index contributed by atoms with van der Waals surface area (Å²) in [5, 5.41) is 25.2. The second-order valence-corrected chi connectivity index (χ2v) is 6.36. The molecule has 0 atom stereocenters. The fourth-order valence-electron chi connectivity index (χ4n) is 1.86. The highest BCUT2D eigenvalue weighted by Gasteiger charge is 2.15.